The van der Waals surface area contributed by atoms with Gasteiger partial charge in [-0.2, -0.15) is 5.10 Å². The van der Waals surface area contributed by atoms with Gasteiger partial charge in [0.2, 0.25) is 5.91 Å². The first-order valence-corrected chi connectivity index (χ1v) is 13.0. The minimum Gasteiger partial charge on any atom is -0.350 e. The van der Waals surface area contributed by atoms with Crippen molar-refractivity contribution in [2.24, 2.45) is 0 Å². The molecule has 0 spiro atoms. The summed E-state index contributed by atoms with van der Waals surface area (Å²) in [6.07, 6.45) is 1.02. The number of sulfone groups is 1. The number of hydrogen-bond acceptors (Lipinski definition) is 4. The topological polar surface area (TPSA) is 81.1 Å². The number of rotatable bonds is 7. The molecule has 3 aromatic rings. The molecule has 0 radical (unpaired) electrons. The summed E-state index contributed by atoms with van der Waals surface area (Å²) in [4.78, 5) is 12.8. The fourth-order valence-corrected chi connectivity index (χ4v) is 4.27. The number of amides is 1. The van der Waals surface area contributed by atoms with Crippen LogP contribution in [0.25, 0.3) is 5.69 Å². The van der Waals surface area contributed by atoms with Gasteiger partial charge in [-0.05, 0) is 36.8 Å². The fourth-order valence-electron chi connectivity index (χ4n) is 3.47. The molecule has 1 N–H and O–H groups in total. The van der Waals surface area contributed by atoms with E-state index in [1.54, 1.807) is 13.0 Å². The maximum atomic E-state index is 14.4. The monoisotopic (exact) mass is 507 g/mol. The normalized spacial score (nSPS) is 13.0. The maximum Gasteiger partial charge on any atom is 0.227 e. The molecule has 0 aliphatic heterocycles. The maximum absolute atomic E-state index is 14.4. The third-order valence-electron chi connectivity index (χ3n) is 5.53. The van der Waals surface area contributed by atoms with Crippen LogP contribution in [0.4, 0.5) is 13.2 Å². The lowest BCUT2D eigenvalue weighted by Crippen LogP contribution is -2.28. The van der Waals surface area contributed by atoms with Crippen LogP contribution in [-0.4, -0.2) is 30.4 Å². The molecule has 0 saturated carbocycles. The van der Waals surface area contributed by atoms with E-state index in [1.165, 1.54) is 22.9 Å². The summed E-state index contributed by atoms with van der Waals surface area (Å²) >= 11 is 0. The van der Waals surface area contributed by atoms with E-state index < -0.39 is 44.9 Å². The predicted octanol–water partition coefficient (Wildman–Crippen LogP) is 4.55. The first-order valence-electron chi connectivity index (χ1n) is 10.9. The Balaban J connectivity index is 1.82. The van der Waals surface area contributed by atoms with Crippen LogP contribution in [0.1, 0.15) is 56.1 Å². The van der Waals surface area contributed by atoms with Crippen LogP contribution in [0.2, 0.25) is 0 Å². The Bertz CT molecular complexity index is 1360. The molecule has 0 fully saturated rings. The Labute approximate surface area is 203 Å². The number of nitrogens with one attached hydrogen (secondary N) is 1. The van der Waals surface area contributed by atoms with E-state index in [2.05, 4.69) is 10.4 Å². The van der Waals surface area contributed by atoms with Gasteiger partial charge in [0.05, 0.1) is 35.3 Å². The van der Waals surface area contributed by atoms with Crippen LogP contribution in [0.5, 0.6) is 0 Å². The Kier molecular flexibility index (Phi) is 7.45. The van der Waals surface area contributed by atoms with Crippen molar-refractivity contribution in [1.82, 2.24) is 15.1 Å². The molecule has 2 aromatic carbocycles. The quantitative estimate of drug-likeness (QED) is 0.509. The molecule has 1 atom stereocenters. The van der Waals surface area contributed by atoms with Crippen molar-refractivity contribution >= 4 is 15.7 Å². The zero-order chi connectivity index (χ0) is 26.1. The van der Waals surface area contributed by atoms with Gasteiger partial charge in [0.25, 0.3) is 0 Å². The smallest absolute Gasteiger partial charge is 0.227 e. The third-order valence-corrected chi connectivity index (χ3v) is 6.37. The molecular formula is C25H28F3N3O3S. The van der Waals surface area contributed by atoms with Crippen molar-refractivity contribution < 1.29 is 26.4 Å². The van der Waals surface area contributed by atoms with Gasteiger partial charge in [0.1, 0.15) is 5.82 Å². The van der Waals surface area contributed by atoms with Crippen LogP contribution >= 0.6 is 0 Å². The van der Waals surface area contributed by atoms with Crippen LogP contribution < -0.4 is 5.32 Å². The number of carbonyl (C=O) groups excluding carboxylic acids is 1. The highest BCUT2D eigenvalue weighted by Gasteiger charge is 2.23. The highest BCUT2D eigenvalue weighted by molar-refractivity contribution is 7.89. The number of carbonyl (C=O) groups is 1. The number of benzene rings is 2. The zero-order valence-electron chi connectivity index (χ0n) is 20.2. The standard InChI is InChI=1S/C25H28F3N3O3S/c1-15(16-6-7-17(21(27)10-16)14-35(5,33)34)24(32)29-13-19-12-23(25(2,3)4)30-31(19)18-8-9-20(26)22(28)11-18/h6-12,15H,13-14H2,1-5H3,(H,29,32). The third kappa shape index (κ3) is 6.50. The molecule has 1 aromatic heterocycles. The highest BCUT2D eigenvalue weighted by atomic mass is 32.2. The average molecular weight is 508 g/mol. The molecule has 0 saturated heterocycles. The largest absolute Gasteiger partial charge is 0.350 e. The van der Waals surface area contributed by atoms with E-state index in [0.717, 1.165) is 24.5 Å². The lowest BCUT2D eigenvalue weighted by atomic mass is 9.92. The number of halogens is 3. The SMILES string of the molecule is CC(C(=O)NCc1cc(C(C)(C)C)nn1-c1ccc(F)c(F)c1)c1ccc(CS(C)(=O)=O)c(F)c1. The summed E-state index contributed by atoms with van der Waals surface area (Å²) in [5.74, 6) is -4.23. The summed E-state index contributed by atoms with van der Waals surface area (Å²) in [5.41, 5.74) is 1.65. The van der Waals surface area contributed by atoms with Crippen LogP contribution in [0.15, 0.2) is 42.5 Å². The lowest BCUT2D eigenvalue weighted by molar-refractivity contribution is -0.122. The minimum atomic E-state index is -3.40. The second-order valence-corrected chi connectivity index (χ2v) is 11.8. The number of hydrogen-bond donors (Lipinski definition) is 1. The van der Waals surface area contributed by atoms with Gasteiger partial charge in [-0.15, -0.1) is 0 Å². The van der Waals surface area contributed by atoms with E-state index in [-0.39, 0.29) is 17.5 Å². The van der Waals surface area contributed by atoms with Crippen molar-refractivity contribution in [1.29, 1.82) is 0 Å². The summed E-state index contributed by atoms with van der Waals surface area (Å²) in [5, 5.41) is 7.32. The summed E-state index contributed by atoms with van der Waals surface area (Å²) in [6, 6.07) is 9.27. The van der Waals surface area contributed by atoms with Crippen molar-refractivity contribution in [3.63, 3.8) is 0 Å². The molecule has 0 aliphatic carbocycles. The van der Waals surface area contributed by atoms with Gasteiger partial charge in [-0.1, -0.05) is 32.9 Å². The molecule has 10 heteroatoms. The van der Waals surface area contributed by atoms with Crippen molar-refractivity contribution in [3.05, 3.63) is 82.4 Å². The van der Waals surface area contributed by atoms with Crippen LogP contribution in [-0.2, 0) is 32.3 Å². The molecule has 0 aliphatic rings. The first kappa shape index (κ1) is 26.5. The van der Waals surface area contributed by atoms with Gasteiger partial charge in [-0.3, -0.25) is 4.79 Å². The molecule has 3 rings (SSSR count). The lowest BCUT2D eigenvalue weighted by Gasteiger charge is -2.14. The Hall–Kier alpha value is -3.14. The fraction of sp³-hybridized carbons (Fsp3) is 0.360. The number of nitrogens with zero attached hydrogens (tertiary/aromatic N) is 2. The van der Waals surface area contributed by atoms with E-state index in [9.17, 15) is 26.4 Å². The second-order valence-electron chi connectivity index (χ2n) is 9.64. The zero-order valence-corrected chi connectivity index (χ0v) is 21.0. The van der Waals surface area contributed by atoms with Gasteiger partial charge in [0.15, 0.2) is 21.5 Å². The van der Waals surface area contributed by atoms with Gasteiger partial charge >= 0.3 is 0 Å². The van der Waals surface area contributed by atoms with E-state index in [1.807, 2.05) is 20.8 Å². The first-order chi connectivity index (χ1) is 16.2. The van der Waals surface area contributed by atoms with Gasteiger partial charge in [0, 0.05) is 23.3 Å². The molecule has 6 nitrogen and oxygen atoms in total. The second kappa shape index (κ2) is 9.85. The number of aromatic nitrogens is 2. The Morgan fingerprint density at radius 3 is 2.29 bits per heavy atom. The molecular weight excluding hydrogens is 479 g/mol. The van der Waals surface area contributed by atoms with E-state index >= 15 is 0 Å². The molecule has 35 heavy (non-hydrogen) atoms. The van der Waals surface area contributed by atoms with Gasteiger partial charge < -0.3 is 5.32 Å². The minimum absolute atomic E-state index is 0.0361. The van der Waals surface area contributed by atoms with Crippen molar-refractivity contribution in [2.45, 2.75) is 51.3 Å². The highest BCUT2D eigenvalue weighted by Crippen LogP contribution is 2.25. The molecule has 1 amide bonds. The summed E-state index contributed by atoms with van der Waals surface area (Å²) in [7, 11) is -3.40. The van der Waals surface area contributed by atoms with Crippen LogP contribution in [0.3, 0.4) is 0 Å². The Morgan fingerprint density at radius 1 is 1.03 bits per heavy atom. The van der Waals surface area contributed by atoms with Crippen molar-refractivity contribution in [3.8, 4) is 5.69 Å². The van der Waals surface area contributed by atoms with Gasteiger partial charge in [-0.25, -0.2) is 26.3 Å². The predicted molar refractivity (Wildman–Crippen MR) is 127 cm³/mol. The molecule has 1 unspecified atom stereocenters. The van der Waals surface area contributed by atoms with E-state index in [0.29, 0.717) is 22.6 Å². The summed E-state index contributed by atoms with van der Waals surface area (Å²) in [6.45, 7) is 7.51. The van der Waals surface area contributed by atoms with Crippen LogP contribution in [0, 0.1) is 17.5 Å². The molecule has 1 heterocycles. The average Bonchev–Trinajstić information content (AvgIpc) is 3.19. The van der Waals surface area contributed by atoms with E-state index in [4.69, 9.17) is 0 Å². The summed E-state index contributed by atoms with van der Waals surface area (Å²) < 4.78 is 66.0. The molecule has 0 bridgehead atoms. The van der Waals surface area contributed by atoms with Crippen molar-refractivity contribution in [2.75, 3.05) is 6.26 Å². The molecule has 188 valence electrons. The Morgan fingerprint density at radius 2 is 1.71 bits per heavy atom.